The molecule has 0 radical (unpaired) electrons. The summed E-state index contributed by atoms with van der Waals surface area (Å²) in [5.41, 5.74) is 0.592. The van der Waals surface area contributed by atoms with E-state index in [2.05, 4.69) is 5.32 Å². The molecule has 0 aliphatic carbocycles. The number of nitrogens with zero attached hydrogens (tertiary/aromatic N) is 1. The largest absolute Gasteiger partial charge is 0.394 e. The van der Waals surface area contributed by atoms with Crippen LogP contribution in [0, 0.1) is 0 Å². The fraction of sp³-hybridized carbons (Fsp3) is 0.583. The first-order valence-electron chi connectivity index (χ1n) is 5.67. The zero-order valence-electron chi connectivity index (χ0n) is 10.5. The van der Waals surface area contributed by atoms with Crippen molar-refractivity contribution >= 4 is 5.91 Å². The molecule has 0 fully saturated rings. The van der Waals surface area contributed by atoms with Gasteiger partial charge in [0.05, 0.1) is 19.3 Å². The number of hydrogen-bond acceptors (Lipinski definition) is 3. The van der Waals surface area contributed by atoms with Crippen LogP contribution in [0.25, 0.3) is 0 Å². The third kappa shape index (κ3) is 3.57. The van der Waals surface area contributed by atoms with Crippen LogP contribution < -0.4 is 5.32 Å². The van der Waals surface area contributed by atoms with E-state index in [1.165, 1.54) is 7.11 Å². The zero-order chi connectivity index (χ0) is 12.8. The maximum atomic E-state index is 12.0. The summed E-state index contributed by atoms with van der Waals surface area (Å²) in [5.74, 6) is -0.195. The summed E-state index contributed by atoms with van der Waals surface area (Å²) in [6.07, 6.45) is 1.86. The second-order valence-corrected chi connectivity index (χ2v) is 4.20. The maximum Gasteiger partial charge on any atom is 0.268 e. The van der Waals surface area contributed by atoms with Crippen molar-refractivity contribution < 1.29 is 14.6 Å². The maximum absolute atomic E-state index is 12.0. The average Bonchev–Trinajstić information content (AvgIpc) is 2.77. The lowest BCUT2D eigenvalue weighted by Crippen LogP contribution is -2.41. The molecule has 0 spiro atoms. The van der Waals surface area contributed by atoms with Gasteiger partial charge in [0, 0.05) is 19.3 Å². The summed E-state index contributed by atoms with van der Waals surface area (Å²) in [5, 5.41) is 11.8. The van der Waals surface area contributed by atoms with Crippen LogP contribution in [-0.2, 0) is 4.74 Å². The van der Waals surface area contributed by atoms with Crippen LogP contribution in [0.5, 0.6) is 0 Å². The molecule has 5 nitrogen and oxygen atoms in total. The number of carbonyl (C=O) groups is 1. The Bertz CT molecular complexity index is 360. The summed E-state index contributed by atoms with van der Waals surface area (Å²) in [4.78, 5) is 12.0. The number of amides is 1. The van der Waals surface area contributed by atoms with Gasteiger partial charge in [-0.15, -0.1) is 0 Å². The van der Waals surface area contributed by atoms with Crippen LogP contribution in [0.3, 0.4) is 0 Å². The zero-order valence-corrected chi connectivity index (χ0v) is 10.5. The Morgan fingerprint density at radius 2 is 2.29 bits per heavy atom. The first kappa shape index (κ1) is 13.7. The van der Waals surface area contributed by atoms with E-state index in [-0.39, 0.29) is 24.6 Å². The summed E-state index contributed by atoms with van der Waals surface area (Å²) in [6.45, 7) is 4.18. The molecule has 1 aromatic heterocycles. The van der Waals surface area contributed by atoms with Crippen molar-refractivity contribution in [1.29, 1.82) is 0 Å². The second kappa shape index (κ2) is 6.42. The first-order chi connectivity index (χ1) is 8.10. The first-order valence-corrected chi connectivity index (χ1v) is 5.67. The van der Waals surface area contributed by atoms with Crippen LogP contribution in [0.15, 0.2) is 18.3 Å². The molecule has 1 unspecified atom stereocenters. The summed E-state index contributed by atoms with van der Waals surface area (Å²) in [7, 11) is 1.53. The number of rotatable bonds is 6. The number of carbonyl (C=O) groups excluding carboxylic acids is 1. The highest BCUT2D eigenvalue weighted by Gasteiger charge is 2.16. The summed E-state index contributed by atoms with van der Waals surface area (Å²) in [6, 6.07) is 3.44. The standard InChI is InChI=1S/C12H20N2O3/c1-9(2)14-6-4-5-11(14)12(16)13-10(7-15)8-17-3/h4-6,9-10,15H,7-8H2,1-3H3,(H,13,16). The highest BCUT2D eigenvalue weighted by Crippen LogP contribution is 2.10. The van der Waals surface area contributed by atoms with Crippen molar-refractivity contribution in [1.82, 2.24) is 9.88 Å². The van der Waals surface area contributed by atoms with E-state index in [4.69, 9.17) is 9.84 Å². The van der Waals surface area contributed by atoms with Crippen LogP contribution in [0.1, 0.15) is 30.4 Å². The number of aromatic nitrogens is 1. The van der Waals surface area contributed by atoms with Crippen LogP contribution in [0.4, 0.5) is 0 Å². The van der Waals surface area contributed by atoms with Crippen molar-refractivity contribution in [2.45, 2.75) is 25.9 Å². The molecule has 1 heterocycles. The van der Waals surface area contributed by atoms with Gasteiger partial charge in [0.15, 0.2) is 0 Å². The van der Waals surface area contributed by atoms with E-state index in [0.717, 1.165) is 0 Å². The van der Waals surface area contributed by atoms with E-state index in [0.29, 0.717) is 12.3 Å². The fourth-order valence-corrected chi connectivity index (χ4v) is 1.64. The molecule has 2 N–H and O–H groups in total. The van der Waals surface area contributed by atoms with Crippen LogP contribution in [-0.4, -0.2) is 41.9 Å². The Morgan fingerprint density at radius 1 is 1.59 bits per heavy atom. The number of hydrogen-bond donors (Lipinski definition) is 2. The van der Waals surface area contributed by atoms with E-state index < -0.39 is 0 Å². The molecule has 0 saturated heterocycles. The number of nitrogens with one attached hydrogen (secondary N) is 1. The molecule has 1 atom stereocenters. The smallest absolute Gasteiger partial charge is 0.268 e. The molecule has 96 valence electrons. The van der Waals surface area contributed by atoms with E-state index in [1.54, 1.807) is 6.07 Å². The summed E-state index contributed by atoms with van der Waals surface area (Å²) < 4.78 is 6.79. The van der Waals surface area contributed by atoms with Gasteiger partial charge < -0.3 is 19.7 Å². The monoisotopic (exact) mass is 240 g/mol. The number of ether oxygens (including phenoxy) is 1. The van der Waals surface area contributed by atoms with Crippen molar-refractivity contribution in [3.05, 3.63) is 24.0 Å². The Kier molecular flexibility index (Phi) is 5.18. The molecule has 1 aromatic rings. The predicted octanol–water partition coefficient (Wildman–Crippen LogP) is 0.806. The molecule has 17 heavy (non-hydrogen) atoms. The Labute approximate surface area is 101 Å². The van der Waals surface area contributed by atoms with Gasteiger partial charge in [-0.2, -0.15) is 0 Å². The molecular weight excluding hydrogens is 220 g/mol. The van der Waals surface area contributed by atoms with Crippen molar-refractivity contribution in [2.75, 3.05) is 20.3 Å². The van der Waals surface area contributed by atoms with Crippen molar-refractivity contribution in [3.63, 3.8) is 0 Å². The molecule has 0 aliphatic heterocycles. The molecular formula is C12H20N2O3. The fourth-order valence-electron chi connectivity index (χ4n) is 1.64. The van der Waals surface area contributed by atoms with Gasteiger partial charge in [-0.25, -0.2) is 0 Å². The number of methoxy groups -OCH3 is 1. The van der Waals surface area contributed by atoms with E-state index in [9.17, 15) is 4.79 Å². The third-order valence-electron chi connectivity index (χ3n) is 2.49. The quantitative estimate of drug-likeness (QED) is 0.773. The van der Waals surface area contributed by atoms with Gasteiger partial charge in [-0.05, 0) is 26.0 Å². The van der Waals surface area contributed by atoms with E-state index in [1.807, 2.05) is 30.7 Å². The van der Waals surface area contributed by atoms with Gasteiger partial charge in [0.25, 0.3) is 5.91 Å². The SMILES string of the molecule is COCC(CO)NC(=O)c1cccn1C(C)C. The number of aliphatic hydroxyl groups excluding tert-OH is 1. The van der Waals surface area contributed by atoms with Crippen molar-refractivity contribution in [2.24, 2.45) is 0 Å². The Hall–Kier alpha value is -1.33. The lowest BCUT2D eigenvalue weighted by atomic mass is 10.3. The van der Waals surface area contributed by atoms with Crippen LogP contribution >= 0.6 is 0 Å². The Morgan fingerprint density at radius 3 is 2.82 bits per heavy atom. The van der Waals surface area contributed by atoms with Gasteiger partial charge >= 0.3 is 0 Å². The lowest BCUT2D eigenvalue weighted by molar-refractivity contribution is 0.0830. The minimum absolute atomic E-state index is 0.137. The molecule has 5 heteroatoms. The predicted molar refractivity (Wildman–Crippen MR) is 65.0 cm³/mol. The number of aliphatic hydroxyl groups is 1. The highest BCUT2D eigenvalue weighted by molar-refractivity contribution is 5.93. The Balaban J connectivity index is 2.72. The topological polar surface area (TPSA) is 63.5 Å². The van der Waals surface area contributed by atoms with Gasteiger partial charge in [0.1, 0.15) is 5.69 Å². The molecule has 1 amide bonds. The van der Waals surface area contributed by atoms with Crippen LogP contribution in [0.2, 0.25) is 0 Å². The molecule has 1 rings (SSSR count). The van der Waals surface area contributed by atoms with Crippen molar-refractivity contribution in [3.8, 4) is 0 Å². The van der Waals surface area contributed by atoms with Gasteiger partial charge in [-0.3, -0.25) is 4.79 Å². The normalized spacial score (nSPS) is 12.8. The highest BCUT2D eigenvalue weighted by atomic mass is 16.5. The molecule has 0 bridgehead atoms. The van der Waals surface area contributed by atoms with Gasteiger partial charge in [-0.1, -0.05) is 0 Å². The summed E-state index contributed by atoms with van der Waals surface area (Å²) >= 11 is 0. The van der Waals surface area contributed by atoms with Gasteiger partial charge in [0.2, 0.25) is 0 Å². The third-order valence-corrected chi connectivity index (χ3v) is 2.49. The van der Waals surface area contributed by atoms with E-state index >= 15 is 0 Å². The molecule has 0 aromatic carbocycles. The second-order valence-electron chi connectivity index (χ2n) is 4.20. The molecule has 0 aliphatic rings. The minimum atomic E-state index is -0.372. The lowest BCUT2D eigenvalue weighted by Gasteiger charge is -2.17. The average molecular weight is 240 g/mol. The molecule has 0 saturated carbocycles. The minimum Gasteiger partial charge on any atom is -0.394 e.